The Morgan fingerprint density at radius 3 is 2.07 bits per heavy atom. The summed E-state index contributed by atoms with van der Waals surface area (Å²) >= 11 is 0. The minimum absolute atomic E-state index is 0.0626. The minimum atomic E-state index is -0.247. The Morgan fingerprint density at radius 1 is 0.964 bits per heavy atom. The first-order valence-corrected chi connectivity index (χ1v) is 9.97. The first-order chi connectivity index (χ1) is 13.4. The Labute approximate surface area is 167 Å². The Bertz CT molecular complexity index is 738. The number of halogens is 1. The van der Waals surface area contributed by atoms with Gasteiger partial charge >= 0.3 is 0 Å². The van der Waals surface area contributed by atoms with Gasteiger partial charge in [0.25, 0.3) is 0 Å². The summed E-state index contributed by atoms with van der Waals surface area (Å²) in [6, 6.07) is 15.6. The average Bonchev–Trinajstić information content (AvgIpc) is 2.66. The number of hydrogen-bond donors (Lipinski definition) is 0. The maximum Gasteiger partial charge on any atom is 0.138 e. The highest BCUT2D eigenvalue weighted by Crippen LogP contribution is 2.32. The molecule has 1 aliphatic rings. The molecule has 0 bridgehead atoms. The van der Waals surface area contributed by atoms with Gasteiger partial charge in [-0.3, -0.25) is 4.90 Å². The number of benzene rings is 2. The zero-order valence-corrected chi connectivity index (χ0v) is 17.4. The second-order valence-electron chi connectivity index (χ2n) is 7.91. The molecule has 152 valence electrons. The van der Waals surface area contributed by atoms with Gasteiger partial charge in [0, 0.05) is 24.3 Å². The van der Waals surface area contributed by atoms with Gasteiger partial charge in [0.2, 0.25) is 0 Å². The van der Waals surface area contributed by atoms with Crippen LogP contribution in [-0.4, -0.2) is 49.3 Å². The number of methoxy groups -OCH3 is 1. The molecule has 0 amide bonds. The van der Waals surface area contributed by atoms with E-state index in [2.05, 4.69) is 49.6 Å². The maximum absolute atomic E-state index is 13.2. The van der Waals surface area contributed by atoms with Gasteiger partial charge in [-0.15, -0.1) is 0 Å². The van der Waals surface area contributed by atoms with Crippen LogP contribution >= 0.6 is 0 Å². The van der Waals surface area contributed by atoms with Crippen molar-refractivity contribution in [2.24, 2.45) is 0 Å². The first kappa shape index (κ1) is 20.5. The van der Waals surface area contributed by atoms with Crippen molar-refractivity contribution >= 4 is 5.69 Å². The Morgan fingerprint density at radius 2 is 1.54 bits per heavy atom. The maximum atomic E-state index is 13.2. The van der Waals surface area contributed by atoms with Crippen molar-refractivity contribution < 1.29 is 13.9 Å². The van der Waals surface area contributed by atoms with E-state index in [0.29, 0.717) is 17.8 Å². The number of hydrogen-bond acceptors (Lipinski definition) is 4. The average molecular weight is 387 g/mol. The monoisotopic (exact) mass is 386 g/mol. The van der Waals surface area contributed by atoms with Crippen LogP contribution in [-0.2, 0) is 0 Å². The molecule has 3 rings (SSSR count). The number of anilines is 1. The summed E-state index contributed by atoms with van der Waals surface area (Å²) in [5.74, 6) is 1.32. The Balaban J connectivity index is 1.78. The van der Waals surface area contributed by atoms with Crippen LogP contribution < -0.4 is 14.4 Å². The van der Waals surface area contributed by atoms with Crippen molar-refractivity contribution in [2.45, 2.75) is 51.9 Å². The van der Waals surface area contributed by atoms with Gasteiger partial charge in [0.15, 0.2) is 0 Å². The molecule has 0 aliphatic carbocycles. The summed E-state index contributed by atoms with van der Waals surface area (Å²) < 4.78 is 24.7. The van der Waals surface area contributed by atoms with Gasteiger partial charge in [-0.25, -0.2) is 4.39 Å². The third-order valence-corrected chi connectivity index (χ3v) is 5.44. The van der Waals surface area contributed by atoms with Crippen molar-refractivity contribution in [3.05, 3.63) is 54.3 Å². The second kappa shape index (κ2) is 8.82. The molecule has 4 nitrogen and oxygen atoms in total. The summed E-state index contributed by atoms with van der Waals surface area (Å²) in [5, 5.41) is 0. The van der Waals surface area contributed by atoms with Gasteiger partial charge in [0.1, 0.15) is 23.4 Å². The van der Waals surface area contributed by atoms with E-state index < -0.39 is 0 Å². The molecule has 0 spiro atoms. The summed E-state index contributed by atoms with van der Waals surface area (Å²) in [6.45, 7) is 10.6. The lowest BCUT2D eigenvalue weighted by Crippen LogP contribution is -2.67. The highest BCUT2D eigenvalue weighted by molar-refractivity contribution is 5.53. The molecule has 2 aromatic carbocycles. The van der Waals surface area contributed by atoms with Crippen LogP contribution in [0.4, 0.5) is 10.1 Å². The lowest BCUT2D eigenvalue weighted by molar-refractivity contribution is 0.0671. The molecule has 0 saturated carbocycles. The molecule has 2 aromatic rings. The standard InChI is InChI=1S/C23H31FN2O2/c1-16(2)25(17(3)4)14-22-23(28-21-10-6-18(24)7-11-21)15-26(22)19-8-12-20(27-5)13-9-19/h6-13,16-17,22-23H,14-15H2,1-5H3/t22-,23-/m1/s1. The lowest BCUT2D eigenvalue weighted by atomic mass is 9.95. The Kier molecular flexibility index (Phi) is 6.45. The molecule has 1 fully saturated rings. The third kappa shape index (κ3) is 4.58. The van der Waals surface area contributed by atoms with E-state index in [1.165, 1.54) is 12.1 Å². The highest BCUT2D eigenvalue weighted by Gasteiger charge is 2.42. The van der Waals surface area contributed by atoms with Crippen LogP contribution in [0.3, 0.4) is 0 Å². The summed E-state index contributed by atoms with van der Waals surface area (Å²) in [7, 11) is 1.68. The predicted molar refractivity (Wildman–Crippen MR) is 112 cm³/mol. The van der Waals surface area contributed by atoms with Crippen LogP contribution in [0.5, 0.6) is 11.5 Å². The van der Waals surface area contributed by atoms with Crippen LogP contribution in [0.2, 0.25) is 0 Å². The van der Waals surface area contributed by atoms with Crippen molar-refractivity contribution in [1.82, 2.24) is 4.90 Å². The fourth-order valence-electron chi connectivity index (χ4n) is 3.84. The van der Waals surface area contributed by atoms with Gasteiger partial charge in [-0.1, -0.05) is 0 Å². The molecular formula is C23H31FN2O2. The molecule has 28 heavy (non-hydrogen) atoms. The van der Waals surface area contributed by atoms with Gasteiger partial charge < -0.3 is 14.4 Å². The zero-order chi connectivity index (χ0) is 20.3. The number of nitrogens with zero attached hydrogens (tertiary/aromatic N) is 2. The van der Waals surface area contributed by atoms with Crippen molar-refractivity contribution in [3.63, 3.8) is 0 Å². The largest absolute Gasteiger partial charge is 0.497 e. The molecule has 1 aliphatic heterocycles. The minimum Gasteiger partial charge on any atom is -0.497 e. The highest BCUT2D eigenvalue weighted by atomic mass is 19.1. The van der Waals surface area contributed by atoms with Crippen molar-refractivity contribution in [3.8, 4) is 11.5 Å². The van der Waals surface area contributed by atoms with Crippen molar-refractivity contribution in [2.75, 3.05) is 25.1 Å². The number of rotatable bonds is 8. The van der Waals surface area contributed by atoms with E-state index in [1.807, 2.05) is 12.1 Å². The third-order valence-electron chi connectivity index (χ3n) is 5.44. The quantitative estimate of drug-likeness (QED) is 0.663. The molecule has 0 radical (unpaired) electrons. The molecule has 5 heteroatoms. The van der Waals surface area contributed by atoms with E-state index in [-0.39, 0.29) is 18.0 Å². The molecular weight excluding hydrogens is 355 g/mol. The van der Waals surface area contributed by atoms with E-state index in [0.717, 1.165) is 24.5 Å². The fraction of sp³-hybridized carbons (Fsp3) is 0.478. The van der Waals surface area contributed by atoms with Gasteiger partial charge in [-0.05, 0) is 76.2 Å². The first-order valence-electron chi connectivity index (χ1n) is 9.97. The lowest BCUT2D eigenvalue weighted by Gasteiger charge is -2.51. The molecule has 0 unspecified atom stereocenters. The normalized spacial score (nSPS) is 19.2. The van der Waals surface area contributed by atoms with Crippen LogP contribution in [0.15, 0.2) is 48.5 Å². The zero-order valence-electron chi connectivity index (χ0n) is 17.4. The predicted octanol–water partition coefficient (Wildman–Crippen LogP) is 4.59. The fourth-order valence-corrected chi connectivity index (χ4v) is 3.84. The van der Waals surface area contributed by atoms with E-state index in [1.54, 1.807) is 19.2 Å². The van der Waals surface area contributed by atoms with Crippen LogP contribution in [0, 0.1) is 5.82 Å². The van der Waals surface area contributed by atoms with E-state index >= 15 is 0 Å². The van der Waals surface area contributed by atoms with Crippen LogP contribution in [0.25, 0.3) is 0 Å². The van der Waals surface area contributed by atoms with E-state index in [4.69, 9.17) is 9.47 Å². The molecule has 1 heterocycles. The molecule has 1 saturated heterocycles. The summed E-state index contributed by atoms with van der Waals surface area (Å²) in [4.78, 5) is 4.87. The van der Waals surface area contributed by atoms with Crippen molar-refractivity contribution in [1.29, 1.82) is 0 Å². The summed E-state index contributed by atoms with van der Waals surface area (Å²) in [6.07, 6.45) is 0.0626. The topological polar surface area (TPSA) is 24.9 Å². The number of ether oxygens (including phenoxy) is 2. The summed E-state index contributed by atoms with van der Waals surface area (Å²) in [5.41, 5.74) is 1.16. The van der Waals surface area contributed by atoms with Crippen LogP contribution in [0.1, 0.15) is 27.7 Å². The molecule has 0 N–H and O–H groups in total. The smallest absolute Gasteiger partial charge is 0.138 e. The van der Waals surface area contributed by atoms with E-state index in [9.17, 15) is 4.39 Å². The Hall–Kier alpha value is -2.27. The second-order valence-corrected chi connectivity index (χ2v) is 7.91. The van der Waals surface area contributed by atoms with Gasteiger partial charge in [-0.2, -0.15) is 0 Å². The SMILES string of the molecule is COc1ccc(N2C[C@@H](Oc3ccc(F)cc3)[C@H]2CN(C(C)C)C(C)C)cc1. The molecule has 2 atom stereocenters. The van der Waals surface area contributed by atoms with Gasteiger partial charge in [0.05, 0.1) is 19.7 Å². The molecule has 0 aromatic heterocycles.